The number of hydrogen-bond acceptors (Lipinski definition) is 7. The number of ether oxygens (including phenoxy) is 1. The maximum Gasteiger partial charge on any atom is 0.412 e. The molecule has 0 bridgehead atoms. The van der Waals surface area contributed by atoms with Crippen LogP contribution in [0.15, 0.2) is 35.3 Å². The van der Waals surface area contributed by atoms with Crippen LogP contribution in [0.2, 0.25) is 0 Å². The Bertz CT molecular complexity index is 1120. The summed E-state index contributed by atoms with van der Waals surface area (Å²) in [5, 5.41) is 11.2. The lowest BCUT2D eigenvalue weighted by atomic mass is 9.87. The first kappa shape index (κ1) is 19.4. The molecule has 0 radical (unpaired) electrons. The summed E-state index contributed by atoms with van der Waals surface area (Å²) in [7, 11) is 0. The summed E-state index contributed by atoms with van der Waals surface area (Å²) in [6.07, 6.45) is 3.95. The molecule has 1 aliphatic carbocycles. The van der Waals surface area contributed by atoms with Crippen molar-refractivity contribution in [2.75, 3.05) is 10.6 Å². The number of carbonyl (C=O) groups is 1. The van der Waals surface area contributed by atoms with E-state index < -0.39 is 11.7 Å². The Morgan fingerprint density at radius 3 is 2.90 bits per heavy atom. The molecule has 2 N–H and O–H groups in total. The minimum absolute atomic E-state index is 0.0885. The molecule has 1 aliphatic rings. The average molecular weight is 414 g/mol. The topological polar surface area (TPSA) is 97.6 Å². The van der Waals surface area contributed by atoms with Crippen LogP contribution in [0.5, 0.6) is 0 Å². The van der Waals surface area contributed by atoms with Crippen molar-refractivity contribution < 1.29 is 9.53 Å². The fourth-order valence-electron chi connectivity index (χ4n) is 3.41. The lowest BCUT2D eigenvalue weighted by Crippen LogP contribution is -2.27. The summed E-state index contributed by atoms with van der Waals surface area (Å²) in [4.78, 5) is 28.7. The summed E-state index contributed by atoms with van der Waals surface area (Å²) < 4.78 is 6.63. The van der Waals surface area contributed by atoms with Crippen LogP contribution in [-0.4, -0.2) is 26.3 Å². The van der Waals surface area contributed by atoms with E-state index in [0.717, 1.165) is 24.9 Å². The molecule has 0 spiro atoms. The van der Waals surface area contributed by atoms with Crippen LogP contribution < -0.4 is 16.2 Å². The normalized spacial score (nSPS) is 16.3. The molecule has 1 unspecified atom stereocenters. The maximum atomic E-state index is 12.0. The monoisotopic (exact) mass is 413 g/mol. The smallest absolute Gasteiger partial charge is 0.412 e. The number of aromatic nitrogens is 3. The van der Waals surface area contributed by atoms with Gasteiger partial charge in [-0.1, -0.05) is 17.4 Å². The Hall–Kier alpha value is -2.94. The van der Waals surface area contributed by atoms with Crippen molar-refractivity contribution >= 4 is 33.2 Å². The number of fused-ring (bicyclic) bond motifs is 2. The second-order valence-electron chi connectivity index (χ2n) is 8.01. The minimum Gasteiger partial charge on any atom is -0.444 e. The molecule has 0 saturated heterocycles. The van der Waals surface area contributed by atoms with E-state index in [1.807, 2.05) is 39.0 Å². The highest BCUT2D eigenvalue weighted by molar-refractivity contribution is 7.20. The van der Waals surface area contributed by atoms with Gasteiger partial charge < -0.3 is 10.1 Å². The molecule has 1 amide bonds. The van der Waals surface area contributed by atoms with Crippen LogP contribution in [-0.2, 0) is 11.2 Å². The van der Waals surface area contributed by atoms with Crippen LogP contribution >= 0.6 is 11.3 Å². The number of nitrogens with zero attached hydrogens (tertiary/aromatic N) is 3. The third-order valence-corrected chi connectivity index (χ3v) is 5.42. The number of aryl methyl sites for hydroxylation is 1. The van der Waals surface area contributed by atoms with E-state index in [-0.39, 0.29) is 11.6 Å². The van der Waals surface area contributed by atoms with E-state index in [4.69, 9.17) is 4.74 Å². The van der Waals surface area contributed by atoms with Gasteiger partial charge in [0.1, 0.15) is 5.60 Å². The third kappa shape index (κ3) is 4.40. The van der Waals surface area contributed by atoms with E-state index in [2.05, 4.69) is 20.7 Å². The SMILES string of the molecule is CC(C)(C)OC(=O)Nc1ccc2c(c1)CCCC2Nc1nn2c(=O)ccnc2s1. The molecule has 8 nitrogen and oxygen atoms in total. The van der Waals surface area contributed by atoms with E-state index in [0.29, 0.717) is 10.1 Å². The van der Waals surface area contributed by atoms with Crippen LogP contribution in [0.3, 0.4) is 0 Å². The Kier molecular flexibility index (Phi) is 4.99. The Morgan fingerprint density at radius 1 is 1.31 bits per heavy atom. The number of anilines is 2. The number of hydrogen-bond donors (Lipinski definition) is 2. The van der Waals surface area contributed by atoms with E-state index in [1.165, 1.54) is 39.2 Å². The zero-order valence-electron chi connectivity index (χ0n) is 16.6. The summed E-state index contributed by atoms with van der Waals surface area (Å²) in [5.41, 5.74) is 2.33. The number of carbonyl (C=O) groups excluding carboxylic acids is 1. The van der Waals surface area contributed by atoms with Crippen molar-refractivity contribution in [3.63, 3.8) is 0 Å². The second kappa shape index (κ2) is 7.47. The molecule has 4 rings (SSSR count). The highest BCUT2D eigenvalue weighted by Crippen LogP contribution is 2.34. The molecule has 0 fully saturated rings. The second-order valence-corrected chi connectivity index (χ2v) is 8.97. The molecule has 0 aliphatic heterocycles. The van der Waals surface area contributed by atoms with Crippen LogP contribution in [0.4, 0.5) is 15.6 Å². The van der Waals surface area contributed by atoms with Crippen molar-refractivity contribution in [1.29, 1.82) is 0 Å². The lowest BCUT2D eigenvalue weighted by Gasteiger charge is -2.27. The molecule has 9 heteroatoms. The van der Waals surface area contributed by atoms with Crippen molar-refractivity contribution in [3.05, 3.63) is 51.9 Å². The van der Waals surface area contributed by atoms with Crippen molar-refractivity contribution in [1.82, 2.24) is 14.6 Å². The van der Waals surface area contributed by atoms with Gasteiger partial charge in [0.2, 0.25) is 10.1 Å². The largest absolute Gasteiger partial charge is 0.444 e. The van der Waals surface area contributed by atoms with Gasteiger partial charge in [0.25, 0.3) is 5.56 Å². The molecule has 2 heterocycles. The summed E-state index contributed by atoms with van der Waals surface area (Å²) in [6.45, 7) is 5.50. The van der Waals surface area contributed by atoms with Crippen molar-refractivity contribution in [2.24, 2.45) is 0 Å². The zero-order valence-corrected chi connectivity index (χ0v) is 17.4. The lowest BCUT2D eigenvalue weighted by molar-refractivity contribution is 0.0636. The molecule has 2 aromatic heterocycles. The van der Waals surface area contributed by atoms with Gasteiger partial charge >= 0.3 is 6.09 Å². The van der Waals surface area contributed by atoms with Crippen molar-refractivity contribution in [3.8, 4) is 0 Å². The molecule has 152 valence electrons. The average Bonchev–Trinajstić information content (AvgIpc) is 3.04. The fraction of sp³-hybridized carbons (Fsp3) is 0.400. The fourth-order valence-corrected chi connectivity index (χ4v) is 4.24. The first-order chi connectivity index (χ1) is 13.8. The van der Waals surface area contributed by atoms with E-state index in [9.17, 15) is 9.59 Å². The van der Waals surface area contributed by atoms with Gasteiger partial charge in [-0.2, -0.15) is 4.52 Å². The van der Waals surface area contributed by atoms with Crippen LogP contribution in [0, 0.1) is 0 Å². The number of amides is 1. The van der Waals surface area contributed by atoms with Crippen LogP contribution in [0.25, 0.3) is 4.96 Å². The molecule has 1 atom stereocenters. The first-order valence-electron chi connectivity index (χ1n) is 9.53. The number of nitrogens with one attached hydrogen (secondary N) is 2. The van der Waals surface area contributed by atoms with Crippen LogP contribution in [0.1, 0.15) is 50.8 Å². The molecule has 29 heavy (non-hydrogen) atoms. The number of rotatable bonds is 3. The van der Waals surface area contributed by atoms with E-state index in [1.54, 1.807) is 0 Å². The minimum atomic E-state index is -0.540. The highest BCUT2D eigenvalue weighted by atomic mass is 32.1. The summed E-state index contributed by atoms with van der Waals surface area (Å²) >= 11 is 1.35. The molecule has 1 aromatic carbocycles. The predicted molar refractivity (Wildman–Crippen MR) is 113 cm³/mol. The van der Waals surface area contributed by atoms with E-state index >= 15 is 0 Å². The zero-order chi connectivity index (χ0) is 20.6. The third-order valence-electron chi connectivity index (χ3n) is 4.57. The molecular weight excluding hydrogens is 390 g/mol. The highest BCUT2D eigenvalue weighted by Gasteiger charge is 2.23. The summed E-state index contributed by atoms with van der Waals surface area (Å²) in [6, 6.07) is 7.39. The Balaban J connectivity index is 1.52. The molecule has 0 saturated carbocycles. The standard InChI is InChI=1S/C20H23N5O3S/c1-20(2,3)28-19(27)22-13-7-8-14-12(11-13)5-4-6-15(14)23-17-24-25-16(26)9-10-21-18(25)29-17/h7-11,15H,4-6H2,1-3H3,(H,22,27)(H,23,24). The Labute approximate surface area is 171 Å². The van der Waals surface area contributed by atoms with Gasteiger partial charge in [-0.25, -0.2) is 9.78 Å². The van der Waals surface area contributed by atoms with Gasteiger partial charge in [-0.15, -0.1) is 5.10 Å². The predicted octanol–water partition coefficient (Wildman–Crippen LogP) is 3.99. The quantitative estimate of drug-likeness (QED) is 0.674. The van der Waals surface area contributed by atoms with Crippen molar-refractivity contribution in [2.45, 2.75) is 51.7 Å². The maximum absolute atomic E-state index is 12.0. The van der Waals surface area contributed by atoms with Gasteiger partial charge in [0.05, 0.1) is 6.04 Å². The van der Waals surface area contributed by atoms with Gasteiger partial charge in [0.15, 0.2) is 0 Å². The van der Waals surface area contributed by atoms with Gasteiger partial charge in [-0.3, -0.25) is 10.1 Å². The molecule has 3 aromatic rings. The number of benzene rings is 1. The molecular formula is C20H23N5O3S. The summed E-state index contributed by atoms with van der Waals surface area (Å²) in [5.74, 6) is 0. The van der Waals surface area contributed by atoms with Gasteiger partial charge in [0, 0.05) is 18.0 Å². The Morgan fingerprint density at radius 2 is 2.14 bits per heavy atom. The first-order valence-corrected chi connectivity index (χ1v) is 10.3. The van der Waals surface area contributed by atoms with Gasteiger partial charge in [-0.05, 0) is 63.3 Å².